The van der Waals surface area contributed by atoms with E-state index in [4.69, 9.17) is 10.5 Å². The summed E-state index contributed by atoms with van der Waals surface area (Å²) >= 11 is 0. The van der Waals surface area contributed by atoms with Gasteiger partial charge in [0.15, 0.2) is 23.3 Å². The summed E-state index contributed by atoms with van der Waals surface area (Å²) in [6, 6.07) is 0.718. The maximum Gasteiger partial charge on any atom is 0.409 e. The average Bonchev–Trinajstić information content (AvgIpc) is 2.43. The number of rotatable bonds is 2. The van der Waals surface area contributed by atoms with Crippen LogP contribution in [0.25, 0.3) is 0 Å². The van der Waals surface area contributed by atoms with Crippen LogP contribution in [0, 0.1) is 11.6 Å². The van der Waals surface area contributed by atoms with Gasteiger partial charge in [0.05, 0.1) is 6.61 Å². The summed E-state index contributed by atoms with van der Waals surface area (Å²) in [4.78, 5) is 18.4. The van der Waals surface area contributed by atoms with Crippen LogP contribution in [0.1, 0.15) is 6.92 Å². The van der Waals surface area contributed by atoms with Gasteiger partial charge in [0.1, 0.15) is 0 Å². The van der Waals surface area contributed by atoms with Crippen molar-refractivity contribution in [2.24, 2.45) is 0 Å². The zero-order chi connectivity index (χ0) is 14.7. The summed E-state index contributed by atoms with van der Waals surface area (Å²) in [5.41, 5.74) is 5.35. The number of halogens is 2. The molecule has 1 aromatic heterocycles. The van der Waals surface area contributed by atoms with Crippen molar-refractivity contribution >= 4 is 17.7 Å². The van der Waals surface area contributed by atoms with E-state index in [2.05, 4.69) is 4.98 Å². The van der Waals surface area contributed by atoms with E-state index in [0.29, 0.717) is 32.8 Å². The van der Waals surface area contributed by atoms with Crippen LogP contribution in [0.5, 0.6) is 0 Å². The molecule has 2 N–H and O–H groups in total. The van der Waals surface area contributed by atoms with E-state index < -0.39 is 11.6 Å². The van der Waals surface area contributed by atoms with Crippen molar-refractivity contribution in [1.29, 1.82) is 0 Å². The first kappa shape index (κ1) is 14.3. The third-order valence-electron chi connectivity index (χ3n) is 3.04. The van der Waals surface area contributed by atoms with E-state index in [1.54, 1.807) is 11.8 Å². The van der Waals surface area contributed by atoms with Crippen molar-refractivity contribution in [3.63, 3.8) is 0 Å². The molecule has 1 aliphatic heterocycles. The molecule has 1 aromatic rings. The van der Waals surface area contributed by atoms with Gasteiger partial charge in [-0.3, -0.25) is 0 Å². The molecule has 20 heavy (non-hydrogen) atoms. The van der Waals surface area contributed by atoms with E-state index in [0.717, 1.165) is 6.07 Å². The summed E-state index contributed by atoms with van der Waals surface area (Å²) in [6.45, 7) is 3.58. The highest BCUT2D eigenvalue weighted by molar-refractivity contribution is 5.68. The highest BCUT2D eigenvalue weighted by atomic mass is 19.1. The largest absolute Gasteiger partial charge is 0.450 e. The van der Waals surface area contributed by atoms with Gasteiger partial charge in [0.25, 0.3) is 0 Å². The van der Waals surface area contributed by atoms with Crippen molar-refractivity contribution in [3.05, 3.63) is 17.7 Å². The van der Waals surface area contributed by atoms with Gasteiger partial charge in [0.2, 0.25) is 0 Å². The number of nitrogens with zero attached hydrogens (tertiary/aromatic N) is 3. The molecule has 0 atom stereocenters. The zero-order valence-electron chi connectivity index (χ0n) is 11.1. The Morgan fingerprint density at radius 1 is 1.35 bits per heavy atom. The lowest BCUT2D eigenvalue weighted by atomic mass is 10.3. The fourth-order valence-corrected chi connectivity index (χ4v) is 2.01. The standard InChI is InChI=1S/C12H16F2N4O2/c1-2-20-12(19)18-5-3-17(4-6-18)11-9(14)7-8(13)10(15)16-11/h7H,2-6H2,1H3,(H2,15,16). The van der Waals surface area contributed by atoms with Gasteiger partial charge < -0.3 is 20.3 Å². The number of aromatic nitrogens is 1. The minimum atomic E-state index is -0.878. The van der Waals surface area contributed by atoms with Gasteiger partial charge in [-0.25, -0.2) is 18.6 Å². The fraction of sp³-hybridized carbons (Fsp3) is 0.500. The third kappa shape index (κ3) is 2.89. The number of carbonyl (C=O) groups is 1. The average molecular weight is 286 g/mol. The Hall–Kier alpha value is -2.12. The Kier molecular flexibility index (Phi) is 4.21. The van der Waals surface area contributed by atoms with Crippen LogP contribution in [-0.4, -0.2) is 48.8 Å². The number of ether oxygens (including phenoxy) is 1. The lowest BCUT2D eigenvalue weighted by molar-refractivity contribution is 0.105. The molecule has 2 rings (SSSR count). The third-order valence-corrected chi connectivity index (χ3v) is 3.04. The quantitative estimate of drug-likeness (QED) is 0.885. The Morgan fingerprint density at radius 3 is 2.60 bits per heavy atom. The second-order valence-corrected chi connectivity index (χ2v) is 4.33. The van der Waals surface area contributed by atoms with E-state index in [9.17, 15) is 13.6 Å². The summed E-state index contributed by atoms with van der Waals surface area (Å²) in [5, 5.41) is 0. The predicted octanol–water partition coefficient (Wildman–Crippen LogP) is 1.22. The molecule has 0 bridgehead atoms. The van der Waals surface area contributed by atoms with Crippen LogP contribution in [-0.2, 0) is 4.74 Å². The number of carbonyl (C=O) groups excluding carboxylic acids is 1. The van der Waals surface area contributed by atoms with Crippen LogP contribution >= 0.6 is 0 Å². The molecule has 8 heteroatoms. The molecule has 0 saturated carbocycles. The molecule has 1 amide bonds. The first-order chi connectivity index (χ1) is 9.52. The molecule has 110 valence electrons. The van der Waals surface area contributed by atoms with Gasteiger partial charge in [-0.2, -0.15) is 0 Å². The highest BCUT2D eigenvalue weighted by Gasteiger charge is 2.25. The fourth-order valence-electron chi connectivity index (χ4n) is 2.01. The number of anilines is 2. The molecule has 0 spiro atoms. The lowest BCUT2D eigenvalue weighted by Crippen LogP contribution is -2.49. The number of nitrogens with two attached hydrogens (primary N) is 1. The van der Waals surface area contributed by atoms with E-state index in [-0.39, 0.29) is 17.7 Å². The predicted molar refractivity (Wildman–Crippen MR) is 69.4 cm³/mol. The first-order valence-electron chi connectivity index (χ1n) is 6.31. The minimum Gasteiger partial charge on any atom is -0.450 e. The summed E-state index contributed by atoms with van der Waals surface area (Å²) in [7, 11) is 0. The molecule has 1 aliphatic rings. The smallest absolute Gasteiger partial charge is 0.409 e. The van der Waals surface area contributed by atoms with Crippen LogP contribution < -0.4 is 10.6 Å². The van der Waals surface area contributed by atoms with E-state index in [1.165, 1.54) is 4.90 Å². The summed E-state index contributed by atoms with van der Waals surface area (Å²) in [6.07, 6.45) is -0.390. The van der Waals surface area contributed by atoms with Crippen LogP contribution in [0.3, 0.4) is 0 Å². The molecule has 2 heterocycles. The topological polar surface area (TPSA) is 71.7 Å². The molecule has 0 unspecified atom stereocenters. The normalized spacial score (nSPS) is 15.3. The maximum absolute atomic E-state index is 13.7. The Morgan fingerprint density at radius 2 is 2.00 bits per heavy atom. The number of hydrogen-bond acceptors (Lipinski definition) is 5. The van der Waals surface area contributed by atoms with Crippen molar-refractivity contribution in [1.82, 2.24) is 9.88 Å². The highest BCUT2D eigenvalue weighted by Crippen LogP contribution is 2.21. The molecule has 6 nitrogen and oxygen atoms in total. The van der Waals surface area contributed by atoms with Crippen molar-refractivity contribution in [3.8, 4) is 0 Å². The van der Waals surface area contributed by atoms with Gasteiger partial charge in [-0.15, -0.1) is 0 Å². The molecule has 0 aromatic carbocycles. The van der Waals surface area contributed by atoms with E-state index in [1.807, 2.05) is 0 Å². The number of piperazine rings is 1. The summed E-state index contributed by atoms with van der Waals surface area (Å²) in [5.74, 6) is -1.97. The minimum absolute atomic E-state index is 0.00686. The second kappa shape index (κ2) is 5.89. The molecule has 1 saturated heterocycles. The van der Waals surface area contributed by atoms with Gasteiger partial charge >= 0.3 is 6.09 Å². The molecular formula is C12H16F2N4O2. The molecule has 0 aliphatic carbocycles. The lowest BCUT2D eigenvalue weighted by Gasteiger charge is -2.34. The zero-order valence-corrected chi connectivity index (χ0v) is 11.1. The van der Waals surface area contributed by atoms with Gasteiger partial charge in [-0.1, -0.05) is 0 Å². The Balaban J connectivity index is 2.04. The van der Waals surface area contributed by atoms with Gasteiger partial charge in [0, 0.05) is 32.2 Å². The SMILES string of the molecule is CCOC(=O)N1CCN(c2nc(N)c(F)cc2F)CC1. The Bertz CT molecular complexity index is 504. The van der Waals surface area contributed by atoms with Crippen molar-refractivity contribution < 1.29 is 18.3 Å². The first-order valence-corrected chi connectivity index (χ1v) is 6.31. The second-order valence-electron chi connectivity index (χ2n) is 4.33. The van der Waals surface area contributed by atoms with Crippen LogP contribution in [0.2, 0.25) is 0 Å². The number of amides is 1. The molecular weight excluding hydrogens is 270 g/mol. The maximum atomic E-state index is 13.7. The monoisotopic (exact) mass is 286 g/mol. The molecule has 0 radical (unpaired) electrons. The van der Waals surface area contributed by atoms with E-state index >= 15 is 0 Å². The van der Waals surface area contributed by atoms with Gasteiger partial charge in [-0.05, 0) is 6.92 Å². The number of hydrogen-bond donors (Lipinski definition) is 1. The van der Waals surface area contributed by atoms with Crippen LogP contribution in [0.15, 0.2) is 6.07 Å². The number of nitrogen functional groups attached to an aromatic ring is 1. The van der Waals surface area contributed by atoms with Crippen molar-refractivity contribution in [2.75, 3.05) is 43.4 Å². The summed E-state index contributed by atoms with van der Waals surface area (Å²) < 4.78 is 31.6. The van der Waals surface area contributed by atoms with Crippen LogP contribution in [0.4, 0.5) is 25.2 Å². The Labute approximate surface area is 115 Å². The van der Waals surface area contributed by atoms with Crippen molar-refractivity contribution in [2.45, 2.75) is 6.92 Å². The molecule has 1 fully saturated rings. The number of pyridine rings is 1.